The molecular weight excluding hydrogens is 302 g/mol. The Labute approximate surface area is 121 Å². The number of imidazole rings is 1. The first-order valence-corrected chi connectivity index (χ1v) is 8.01. The van der Waals surface area contributed by atoms with Gasteiger partial charge in [-0.25, -0.2) is 4.98 Å². The molecule has 0 fully saturated rings. The average Bonchev–Trinajstić information content (AvgIpc) is 2.95. The molecule has 0 bridgehead atoms. The smallest absolute Gasteiger partial charge is 0.197 e. The van der Waals surface area contributed by atoms with Crippen LogP contribution >= 0.6 is 22.9 Å². The molecule has 0 aliphatic rings. The molecule has 19 heavy (non-hydrogen) atoms. The molecular formula is C12H10ClN3OS2. The number of rotatable bonds is 3. The van der Waals surface area contributed by atoms with Crippen molar-refractivity contribution in [2.45, 2.75) is 10.9 Å². The number of nitrogens with one attached hydrogen (secondary N) is 1. The number of nitrogens with zero attached hydrogens (tertiary/aromatic N) is 1. The molecule has 0 amide bonds. The van der Waals surface area contributed by atoms with Gasteiger partial charge in [-0.3, -0.25) is 4.21 Å². The van der Waals surface area contributed by atoms with Crippen molar-refractivity contribution in [3.63, 3.8) is 0 Å². The summed E-state index contributed by atoms with van der Waals surface area (Å²) < 4.78 is 12.9. The Hall–Kier alpha value is -1.37. The molecule has 1 unspecified atom stereocenters. The largest absolute Gasteiger partial charge is 0.399 e. The highest BCUT2D eigenvalue weighted by molar-refractivity contribution is 7.84. The van der Waals surface area contributed by atoms with Gasteiger partial charge in [0.15, 0.2) is 5.16 Å². The lowest BCUT2D eigenvalue weighted by Crippen LogP contribution is -1.96. The van der Waals surface area contributed by atoms with E-state index in [2.05, 4.69) is 9.97 Å². The Kier molecular flexibility index (Phi) is 3.30. The zero-order chi connectivity index (χ0) is 13.4. The minimum absolute atomic E-state index is 0.409. The van der Waals surface area contributed by atoms with Gasteiger partial charge in [0.2, 0.25) is 0 Å². The number of fused-ring (bicyclic) bond motifs is 1. The van der Waals surface area contributed by atoms with Crippen molar-refractivity contribution in [1.29, 1.82) is 0 Å². The third-order valence-corrected chi connectivity index (χ3v) is 5.21. The Morgan fingerprint density at radius 2 is 2.21 bits per heavy atom. The summed E-state index contributed by atoms with van der Waals surface area (Å²) in [4.78, 5) is 8.34. The number of thiophene rings is 1. The minimum Gasteiger partial charge on any atom is -0.399 e. The molecule has 3 aromatic rings. The Morgan fingerprint density at radius 1 is 1.37 bits per heavy atom. The fourth-order valence-electron chi connectivity index (χ4n) is 1.74. The first kappa shape index (κ1) is 12.7. The molecule has 0 radical (unpaired) electrons. The number of H-pyrrole nitrogens is 1. The van der Waals surface area contributed by atoms with E-state index < -0.39 is 10.8 Å². The fraction of sp³-hybridized carbons (Fsp3) is 0.0833. The van der Waals surface area contributed by atoms with Crippen molar-refractivity contribution in [2.24, 2.45) is 0 Å². The predicted molar refractivity (Wildman–Crippen MR) is 79.9 cm³/mol. The highest BCUT2D eigenvalue weighted by Crippen LogP contribution is 2.24. The molecule has 98 valence electrons. The molecule has 0 saturated heterocycles. The van der Waals surface area contributed by atoms with E-state index in [1.54, 1.807) is 18.2 Å². The molecule has 1 aromatic carbocycles. The number of aromatic amines is 1. The van der Waals surface area contributed by atoms with Crippen molar-refractivity contribution in [3.8, 4) is 0 Å². The number of nitrogen functional groups attached to an aromatic ring is 1. The second-order valence-electron chi connectivity index (χ2n) is 4.01. The van der Waals surface area contributed by atoms with E-state index in [1.165, 1.54) is 11.3 Å². The summed E-state index contributed by atoms with van der Waals surface area (Å²) in [7, 11) is -1.22. The summed E-state index contributed by atoms with van der Waals surface area (Å²) in [6.07, 6.45) is 0. The van der Waals surface area contributed by atoms with Crippen LogP contribution in [0.2, 0.25) is 4.34 Å². The third-order valence-electron chi connectivity index (χ3n) is 2.60. The molecule has 0 aliphatic heterocycles. The van der Waals surface area contributed by atoms with E-state index >= 15 is 0 Å². The van der Waals surface area contributed by atoms with Crippen LogP contribution in [0.1, 0.15) is 4.88 Å². The minimum atomic E-state index is -1.22. The Balaban J connectivity index is 1.89. The SMILES string of the molecule is Nc1ccc2nc(S(=O)Cc3ccc(Cl)s3)[nH]c2c1. The van der Waals surface area contributed by atoms with E-state index in [0.29, 0.717) is 20.9 Å². The summed E-state index contributed by atoms with van der Waals surface area (Å²) >= 11 is 7.28. The normalized spacial score (nSPS) is 12.9. The van der Waals surface area contributed by atoms with Gasteiger partial charge in [-0.2, -0.15) is 0 Å². The molecule has 0 saturated carbocycles. The summed E-state index contributed by atoms with van der Waals surface area (Å²) in [6.45, 7) is 0. The van der Waals surface area contributed by atoms with Gasteiger partial charge >= 0.3 is 0 Å². The van der Waals surface area contributed by atoms with Gasteiger partial charge in [0, 0.05) is 10.6 Å². The van der Waals surface area contributed by atoms with Crippen molar-refractivity contribution < 1.29 is 4.21 Å². The molecule has 2 heterocycles. The second kappa shape index (κ2) is 4.96. The lowest BCUT2D eigenvalue weighted by molar-refractivity contribution is 0.677. The van der Waals surface area contributed by atoms with Crippen molar-refractivity contribution in [3.05, 3.63) is 39.5 Å². The molecule has 2 aromatic heterocycles. The van der Waals surface area contributed by atoms with E-state index in [0.717, 1.165) is 15.9 Å². The van der Waals surface area contributed by atoms with Crippen molar-refractivity contribution >= 4 is 50.5 Å². The molecule has 1 atom stereocenters. The van der Waals surface area contributed by atoms with Crippen molar-refractivity contribution in [1.82, 2.24) is 9.97 Å². The van der Waals surface area contributed by atoms with Crippen LogP contribution in [0.25, 0.3) is 11.0 Å². The van der Waals surface area contributed by atoms with Crippen LogP contribution in [-0.2, 0) is 16.6 Å². The highest BCUT2D eigenvalue weighted by atomic mass is 35.5. The van der Waals surface area contributed by atoms with Gasteiger partial charge in [-0.15, -0.1) is 11.3 Å². The van der Waals surface area contributed by atoms with Gasteiger partial charge in [0.1, 0.15) is 0 Å². The number of hydrogen-bond donors (Lipinski definition) is 2. The Bertz CT molecular complexity index is 765. The van der Waals surface area contributed by atoms with Gasteiger partial charge in [-0.1, -0.05) is 11.6 Å². The predicted octanol–water partition coefficient (Wildman–Crippen LogP) is 3.17. The molecule has 4 nitrogen and oxygen atoms in total. The van der Waals surface area contributed by atoms with Crippen LogP contribution in [0, 0.1) is 0 Å². The summed E-state index contributed by atoms with van der Waals surface area (Å²) in [6, 6.07) is 9.05. The standard InChI is InChI=1S/C12H10ClN3OS2/c13-11-4-2-8(18-11)6-19(17)12-15-9-3-1-7(14)5-10(9)16-12/h1-5H,6,14H2,(H,15,16). The maximum absolute atomic E-state index is 12.2. The number of anilines is 1. The average molecular weight is 312 g/mol. The summed E-state index contributed by atoms with van der Waals surface area (Å²) in [5.41, 5.74) is 7.91. The zero-order valence-electron chi connectivity index (χ0n) is 9.72. The topological polar surface area (TPSA) is 71.8 Å². The summed E-state index contributed by atoms with van der Waals surface area (Å²) in [5, 5.41) is 0.463. The molecule has 0 aliphatic carbocycles. The second-order valence-corrected chi connectivity index (χ2v) is 7.18. The van der Waals surface area contributed by atoms with Gasteiger partial charge < -0.3 is 10.7 Å². The molecule has 7 heteroatoms. The number of aromatic nitrogens is 2. The fourth-order valence-corrected chi connectivity index (χ4v) is 4.09. The van der Waals surface area contributed by atoms with Crippen molar-refractivity contribution in [2.75, 3.05) is 5.73 Å². The first-order chi connectivity index (χ1) is 9.11. The highest BCUT2D eigenvalue weighted by Gasteiger charge is 2.12. The van der Waals surface area contributed by atoms with Crippen LogP contribution in [-0.4, -0.2) is 14.2 Å². The zero-order valence-corrected chi connectivity index (χ0v) is 12.1. The lowest BCUT2D eigenvalue weighted by Gasteiger charge is -1.94. The van der Waals surface area contributed by atoms with Crippen LogP contribution < -0.4 is 5.73 Å². The quantitative estimate of drug-likeness (QED) is 0.730. The number of nitrogens with two attached hydrogens (primary N) is 1. The first-order valence-electron chi connectivity index (χ1n) is 5.49. The van der Waals surface area contributed by atoms with Crippen LogP contribution in [0.5, 0.6) is 0 Å². The summed E-state index contributed by atoms with van der Waals surface area (Å²) in [5.74, 6) is 0.409. The lowest BCUT2D eigenvalue weighted by atomic mass is 10.3. The van der Waals surface area contributed by atoms with E-state index in [-0.39, 0.29) is 0 Å². The monoisotopic (exact) mass is 311 g/mol. The maximum atomic E-state index is 12.2. The maximum Gasteiger partial charge on any atom is 0.197 e. The van der Waals surface area contributed by atoms with Gasteiger partial charge in [0.25, 0.3) is 0 Å². The van der Waals surface area contributed by atoms with E-state index in [9.17, 15) is 4.21 Å². The van der Waals surface area contributed by atoms with Crippen LogP contribution in [0.15, 0.2) is 35.5 Å². The van der Waals surface area contributed by atoms with E-state index in [4.69, 9.17) is 17.3 Å². The number of halogens is 1. The number of hydrogen-bond acceptors (Lipinski definition) is 4. The van der Waals surface area contributed by atoms with E-state index in [1.807, 2.05) is 12.1 Å². The molecule has 3 N–H and O–H groups in total. The Morgan fingerprint density at radius 3 is 2.95 bits per heavy atom. The molecule has 0 spiro atoms. The van der Waals surface area contributed by atoms with Crippen LogP contribution in [0.3, 0.4) is 0 Å². The van der Waals surface area contributed by atoms with Gasteiger partial charge in [0.05, 0.1) is 31.9 Å². The number of benzene rings is 1. The molecule has 3 rings (SSSR count). The third kappa shape index (κ3) is 2.65. The van der Waals surface area contributed by atoms with Gasteiger partial charge in [-0.05, 0) is 30.3 Å². The van der Waals surface area contributed by atoms with Crippen LogP contribution in [0.4, 0.5) is 5.69 Å².